The van der Waals surface area contributed by atoms with Gasteiger partial charge in [0.15, 0.2) is 0 Å². The first-order chi connectivity index (χ1) is 16.0. The van der Waals surface area contributed by atoms with Crippen LogP contribution in [0.25, 0.3) is 0 Å². The third-order valence-electron chi connectivity index (χ3n) is 6.57. The number of carbonyl (C=O) groups is 1. The van der Waals surface area contributed by atoms with E-state index in [1.54, 1.807) is 18.9 Å². The summed E-state index contributed by atoms with van der Waals surface area (Å²) in [4.78, 5) is 16.4. The number of hydrogen-bond donors (Lipinski definition) is 0. The van der Waals surface area contributed by atoms with Gasteiger partial charge in [0.05, 0.1) is 18.4 Å². The highest BCUT2D eigenvalue weighted by Crippen LogP contribution is 2.31. The molecule has 0 N–H and O–H groups in total. The van der Waals surface area contributed by atoms with Gasteiger partial charge in [0.2, 0.25) is 0 Å². The molecule has 1 aromatic heterocycles. The number of carbonyl (C=O) groups excluding carboxylic acids is 1. The maximum Gasteiger partial charge on any atom is 0.254 e. The van der Waals surface area contributed by atoms with E-state index >= 15 is 0 Å². The lowest BCUT2D eigenvalue weighted by molar-refractivity contribution is 0.0683. The Labute approximate surface area is 200 Å². The lowest BCUT2D eigenvalue weighted by Gasteiger charge is -2.32. The van der Waals surface area contributed by atoms with E-state index in [0.29, 0.717) is 5.92 Å². The van der Waals surface area contributed by atoms with E-state index in [1.807, 2.05) is 55.1 Å². The molecular formula is C27H32N2O3S. The second-order valence-electron chi connectivity index (χ2n) is 8.71. The molecular weight excluding hydrogens is 432 g/mol. The number of aryl methyl sites for hydroxylation is 3. The summed E-state index contributed by atoms with van der Waals surface area (Å²) in [6, 6.07) is 16.3. The minimum absolute atomic E-state index is 0.144. The molecule has 0 bridgehead atoms. The Morgan fingerprint density at radius 3 is 2.52 bits per heavy atom. The van der Waals surface area contributed by atoms with Gasteiger partial charge in [0.1, 0.15) is 11.5 Å². The molecule has 0 radical (unpaired) electrons. The molecule has 0 atom stereocenters. The van der Waals surface area contributed by atoms with Crippen LogP contribution >= 0.6 is 11.8 Å². The molecule has 33 heavy (non-hydrogen) atoms. The largest absolute Gasteiger partial charge is 0.497 e. The molecule has 3 aromatic rings. The van der Waals surface area contributed by atoms with Crippen LogP contribution in [-0.2, 0) is 12.2 Å². The Kier molecular flexibility index (Phi) is 7.76. The van der Waals surface area contributed by atoms with Crippen molar-refractivity contribution in [1.82, 2.24) is 10.1 Å². The predicted octanol–water partition coefficient (Wildman–Crippen LogP) is 6.08. The van der Waals surface area contributed by atoms with Crippen molar-refractivity contribution in [3.63, 3.8) is 0 Å². The van der Waals surface area contributed by atoms with Crippen LogP contribution in [-0.4, -0.2) is 36.2 Å². The maximum atomic E-state index is 13.3. The third kappa shape index (κ3) is 5.80. The Balaban J connectivity index is 1.31. The number of rotatable bonds is 8. The monoisotopic (exact) mass is 464 g/mol. The average Bonchev–Trinajstić information content (AvgIpc) is 3.18. The fourth-order valence-electron chi connectivity index (χ4n) is 4.39. The summed E-state index contributed by atoms with van der Waals surface area (Å²) < 4.78 is 10.5. The van der Waals surface area contributed by atoms with Gasteiger partial charge in [-0.2, -0.15) is 0 Å². The van der Waals surface area contributed by atoms with Crippen molar-refractivity contribution in [1.29, 1.82) is 0 Å². The smallest absolute Gasteiger partial charge is 0.254 e. The van der Waals surface area contributed by atoms with Gasteiger partial charge in [-0.3, -0.25) is 4.79 Å². The number of hydrogen-bond acceptors (Lipinski definition) is 5. The van der Waals surface area contributed by atoms with E-state index in [1.165, 1.54) is 5.56 Å². The Morgan fingerprint density at radius 1 is 1.12 bits per heavy atom. The van der Waals surface area contributed by atoms with Crippen molar-refractivity contribution in [3.8, 4) is 5.75 Å². The molecule has 2 aromatic carbocycles. The van der Waals surface area contributed by atoms with Crippen molar-refractivity contribution in [3.05, 3.63) is 76.7 Å². The Bertz CT molecular complexity index is 1050. The predicted molar refractivity (Wildman–Crippen MR) is 132 cm³/mol. The molecule has 1 amide bonds. The number of aromatic nitrogens is 1. The van der Waals surface area contributed by atoms with Crippen LogP contribution in [0.15, 0.2) is 57.9 Å². The van der Waals surface area contributed by atoms with Crippen LogP contribution in [0.4, 0.5) is 0 Å². The zero-order chi connectivity index (χ0) is 23.2. The topological polar surface area (TPSA) is 55.6 Å². The number of likely N-dealkylation sites (tertiary alicyclic amines) is 1. The molecule has 2 heterocycles. The highest BCUT2D eigenvalue weighted by molar-refractivity contribution is 7.98. The molecule has 6 heteroatoms. The maximum absolute atomic E-state index is 13.3. The standard InChI is InChI=1S/C27H32N2O3S/c1-19-25(20(2)32-28-19)18-33-26-7-5-4-6-24(26)27(30)29-16-14-22(15-17-29)9-8-21-10-12-23(31-3)13-11-21/h4-7,10-13,22H,8-9,14-18H2,1-3H3. The molecule has 174 valence electrons. The van der Waals surface area contributed by atoms with Crippen LogP contribution in [0.1, 0.15) is 52.2 Å². The van der Waals surface area contributed by atoms with E-state index < -0.39 is 0 Å². The van der Waals surface area contributed by atoms with Crippen molar-refractivity contribution in [2.75, 3.05) is 20.2 Å². The van der Waals surface area contributed by atoms with Crippen LogP contribution in [0.2, 0.25) is 0 Å². The summed E-state index contributed by atoms with van der Waals surface area (Å²) in [7, 11) is 1.69. The van der Waals surface area contributed by atoms with Crippen molar-refractivity contribution < 1.29 is 14.1 Å². The summed E-state index contributed by atoms with van der Waals surface area (Å²) in [5, 5.41) is 4.04. The van der Waals surface area contributed by atoms with Crippen LogP contribution < -0.4 is 4.74 Å². The SMILES string of the molecule is COc1ccc(CCC2CCN(C(=O)c3ccccc3SCc3c(C)noc3C)CC2)cc1. The Hall–Kier alpha value is -2.73. The zero-order valence-electron chi connectivity index (χ0n) is 19.7. The van der Waals surface area contributed by atoms with E-state index in [0.717, 1.165) is 77.8 Å². The minimum Gasteiger partial charge on any atom is -0.497 e. The second kappa shape index (κ2) is 10.9. The number of piperidine rings is 1. The molecule has 1 aliphatic heterocycles. The molecule has 1 saturated heterocycles. The molecule has 0 spiro atoms. The first-order valence-electron chi connectivity index (χ1n) is 11.6. The van der Waals surface area contributed by atoms with Crippen molar-refractivity contribution >= 4 is 17.7 Å². The van der Waals surface area contributed by atoms with Gasteiger partial charge in [0, 0.05) is 29.3 Å². The van der Waals surface area contributed by atoms with Gasteiger partial charge < -0.3 is 14.2 Å². The number of thioether (sulfide) groups is 1. The van der Waals surface area contributed by atoms with E-state index in [9.17, 15) is 4.79 Å². The normalized spacial score (nSPS) is 14.5. The van der Waals surface area contributed by atoms with Gasteiger partial charge in [-0.25, -0.2) is 0 Å². The second-order valence-corrected chi connectivity index (χ2v) is 9.73. The quantitative estimate of drug-likeness (QED) is 0.378. The highest BCUT2D eigenvalue weighted by Gasteiger charge is 2.25. The molecule has 1 fully saturated rings. The van der Waals surface area contributed by atoms with Crippen LogP contribution in [0.5, 0.6) is 5.75 Å². The molecule has 0 aliphatic carbocycles. The molecule has 0 saturated carbocycles. The summed E-state index contributed by atoms with van der Waals surface area (Å²) in [6.45, 7) is 5.55. The van der Waals surface area contributed by atoms with E-state index in [4.69, 9.17) is 9.26 Å². The number of benzene rings is 2. The number of methoxy groups -OCH3 is 1. The summed E-state index contributed by atoms with van der Waals surface area (Å²) in [6.07, 6.45) is 4.37. The first-order valence-corrected chi connectivity index (χ1v) is 12.6. The van der Waals surface area contributed by atoms with Gasteiger partial charge in [-0.05, 0) is 75.3 Å². The van der Waals surface area contributed by atoms with Crippen molar-refractivity contribution in [2.45, 2.75) is 50.2 Å². The summed E-state index contributed by atoms with van der Waals surface area (Å²) in [5.41, 5.74) is 4.17. The third-order valence-corrected chi connectivity index (χ3v) is 7.67. The summed E-state index contributed by atoms with van der Waals surface area (Å²) in [5.74, 6) is 3.31. The molecule has 4 rings (SSSR count). The molecule has 0 unspecified atom stereocenters. The van der Waals surface area contributed by atoms with E-state index in [2.05, 4.69) is 17.3 Å². The highest BCUT2D eigenvalue weighted by atomic mass is 32.2. The van der Waals surface area contributed by atoms with Gasteiger partial charge in [-0.1, -0.05) is 29.4 Å². The first kappa shape index (κ1) is 23.4. The van der Waals surface area contributed by atoms with Gasteiger partial charge in [0.25, 0.3) is 5.91 Å². The fraction of sp³-hybridized carbons (Fsp3) is 0.407. The van der Waals surface area contributed by atoms with E-state index in [-0.39, 0.29) is 5.91 Å². The molecule has 5 nitrogen and oxygen atoms in total. The number of amides is 1. The lowest BCUT2D eigenvalue weighted by atomic mass is 9.90. The number of ether oxygens (including phenoxy) is 1. The molecule has 1 aliphatic rings. The number of nitrogens with zero attached hydrogens (tertiary/aromatic N) is 2. The lowest BCUT2D eigenvalue weighted by Crippen LogP contribution is -2.38. The van der Waals surface area contributed by atoms with Gasteiger partial charge >= 0.3 is 0 Å². The van der Waals surface area contributed by atoms with Crippen LogP contribution in [0.3, 0.4) is 0 Å². The van der Waals surface area contributed by atoms with Crippen molar-refractivity contribution in [2.24, 2.45) is 5.92 Å². The Morgan fingerprint density at radius 2 is 1.85 bits per heavy atom. The van der Waals surface area contributed by atoms with Gasteiger partial charge in [-0.15, -0.1) is 11.8 Å². The zero-order valence-corrected chi connectivity index (χ0v) is 20.5. The summed E-state index contributed by atoms with van der Waals surface area (Å²) >= 11 is 1.68. The fourth-order valence-corrected chi connectivity index (χ4v) is 5.58. The minimum atomic E-state index is 0.144. The average molecular weight is 465 g/mol. The van der Waals surface area contributed by atoms with Crippen LogP contribution in [0, 0.1) is 19.8 Å².